The first-order valence-corrected chi connectivity index (χ1v) is 8.10. The Balaban J connectivity index is 0.000000468. The Bertz CT molecular complexity index is 402. The summed E-state index contributed by atoms with van der Waals surface area (Å²) in [7, 11) is 0. The van der Waals surface area contributed by atoms with Crippen molar-refractivity contribution in [2.45, 2.75) is 27.7 Å². The van der Waals surface area contributed by atoms with Crippen LogP contribution in [-0.4, -0.2) is 48.2 Å². The molecule has 1 aliphatic rings. The van der Waals surface area contributed by atoms with Crippen LogP contribution < -0.4 is 0 Å². The fourth-order valence-electron chi connectivity index (χ4n) is 1.93. The molecule has 4 atom stereocenters. The summed E-state index contributed by atoms with van der Waals surface area (Å²) in [5, 5.41) is 8.44. The quantitative estimate of drug-likeness (QED) is 0.763. The van der Waals surface area contributed by atoms with Crippen LogP contribution in [0.4, 0.5) is 0 Å². The molecular weight excluding hydrogens is 294 g/mol. The lowest BCUT2D eigenvalue weighted by Crippen LogP contribution is -2.44. The number of ether oxygens (including phenoxy) is 1. The first kappa shape index (κ1) is 21.4. The summed E-state index contributed by atoms with van der Waals surface area (Å²) in [6.45, 7) is 17.5. The van der Waals surface area contributed by atoms with Gasteiger partial charge in [0.2, 0.25) is 5.91 Å². The molecule has 0 bridgehead atoms. The van der Waals surface area contributed by atoms with Gasteiger partial charge < -0.3 is 14.7 Å². The molecule has 0 spiro atoms. The Morgan fingerprint density at radius 2 is 1.43 bits per heavy atom. The predicted octanol–water partition coefficient (Wildman–Crippen LogP) is 2.83. The van der Waals surface area contributed by atoms with Gasteiger partial charge in [-0.2, -0.15) is 0 Å². The van der Waals surface area contributed by atoms with Crippen LogP contribution >= 0.6 is 0 Å². The maximum atomic E-state index is 11.9. The summed E-state index contributed by atoms with van der Waals surface area (Å²) in [6, 6.07) is 0. The number of carboxylic acids is 1. The molecule has 0 unspecified atom stereocenters. The minimum Gasteiger partial charge on any atom is -0.481 e. The summed E-state index contributed by atoms with van der Waals surface area (Å²) < 4.78 is 5.20. The van der Waals surface area contributed by atoms with Crippen LogP contribution in [0.1, 0.15) is 27.7 Å². The standard InChI is InChI=1S/C11H19NO2.C7H12O2/c1-4-9(2)10(3)11(13)12-5-7-14-8-6-12;1-4-5(2)6(3)7(8)9/h4,9-10H,1,5-8H2,2-3H3;4-6H,1H2,2-3H3,(H,8,9)/t9-,10+;5-,6+/m00/s1. The van der Waals surface area contributed by atoms with Gasteiger partial charge in [-0.05, 0) is 11.8 Å². The summed E-state index contributed by atoms with van der Waals surface area (Å²) >= 11 is 0. The Morgan fingerprint density at radius 3 is 1.78 bits per heavy atom. The third-order valence-corrected chi connectivity index (χ3v) is 4.42. The third kappa shape index (κ3) is 7.46. The molecule has 1 amide bonds. The van der Waals surface area contributed by atoms with Crippen molar-refractivity contribution in [3.8, 4) is 0 Å². The van der Waals surface area contributed by atoms with Crippen molar-refractivity contribution in [3.63, 3.8) is 0 Å². The van der Waals surface area contributed by atoms with Gasteiger partial charge in [-0.3, -0.25) is 9.59 Å². The van der Waals surface area contributed by atoms with E-state index >= 15 is 0 Å². The highest BCUT2D eigenvalue weighted by Gasteiger charge is 2.24. The predicted molar refractivity (Wildman–Crippen MR) is 92.1 cm³/mol. The van der Waals surface area contributed by atoms with Crippen molar-refractivity contribution in [1.29, 1.82) is 0 Å². The molecule has 0 aliphatic carbocycles. The number of nitrogens with zero attached hydrogens (tertiary/aromatic N) is 1. The average molecular weight is 325 g/mol. The molecule has 1 rings (SSSR count). The second-order valence-electron chi connectivity index (χ2n) is 6.04. The number of carboxylic acid groups (broad SMARTS) is 1. The number of amides is 1. The first-order chi connectivity index (χ1) is 10.8. The zero-order chi connectivity index (χ0) is 18.0. The zero-order valence-electron chi connectivity index (χ0n) is 14.8. The van der Waals surface area contributed by atoms with E-state index in [4.69, 9.17) is 9.84 Å². The minimum atomic E-state index is -0.762. The second kappa shape index (κ2) is 11.0. The van der Waals surface area contributed by atoms with Crippen molar-refractivity contribution < 1.29 is 19.4 Å². The van der Waals surface area contributed by atoms with Crippen LogP contribution in [0.2, 0.25) is 0 Å². The number of morpholine rings is 1. The maximum Gasteiger partial charge on any atom is 0.306 e. The van der Waals surface area contributed by atoms with Gasteiger partial charge in [0.1, 0.15) is 0 Å². The molecule has 1 fully saturated rings. The lowest BCUT2D eigenvalue weighted by molar-refractivity contribution is -0.142. The van der Waals surface area contributed by atoms with E-state index in [-0.39, 0.29) is 29.6 Å². The van der Waals surface area contributed by atoms with Crippen molar-refractivity contribution in [3.05, 3.63) is 25.3 Å². The van der Waals surface area contributed by atoms with Gasteiger partial charge in [-0.25, -0.2) is 0 Å². The van der Waals surface area contributed by atoms with Gasteiger partial charge in [-0.15, -0.1) is 13.2 Å². The molecule has 0 saturated carbocycles. The summed E-state index contributed by atoms with van der Waals surface area (Å²) in [4.78, 5) is 24.1. The van der Waals surface area contributed by atoms with Crippen LogP contribution in [0.5, 0.6) is 0 Å². The topological polar surface area (TPSA) is 66.8 Å². The molecule has 23 heavy (non-hydrogen) atoms. The third-order valence-electron chi connectivity index (χ3n) is 4.42. The number of hydrogen-bond acceptors (Lipinski definition) is 3. The highest BCUT2D eigenvalue weighted by Crippen LogP contribution is 2.15. The van der Waals surface area contributed by atoms with Crippen LogP contribution in [0.3, 0.4) is 0 Å². The van der Waals surface area contributed by atoms with E-state index in [9.17, 15) is 9.59 Å². The second-order valence-corrected chi connectivity index (χ2v) is 6.04. The van der Waals surface area contributed by atoms with Gasteiger partial charge in [0.15, 0.2) is 0 Å². The number of carbonyl (C=O) groups excluding carboxylic acids is 1. The van der Waals surface area contributed by atoms with Crippen molar-refractivity contribution >= 4 is 11.9 Å². The Labute approximate surface area is 140 Å². The SMILES string of the molecule is C=C[C@H](C)[C@@H](C)C(=O)N1CCOCC1.C=C[C@H](C)[C@@H](C)C(=O)O. The smallest absolute Gasteiger partial charge is 0.306 e. The molecule has 1 heterocycles. The molecular formula is C18H31NO4. The highest BCUT2D eigenvalue weighted by molar-refractivity contribution is 5.79. The Morgan fingerprint density at radius 1 is 1.00 bits per heavy atom. The van der Waals surface area contributed by atoms with E-state index in [1.165, 1.54) is 0 Å². The maximum absolute atomic E-state index is 11.9. The van der Waals surface area contributed by atoms with Crippen LogP contribution in [0.25, 0.3) is 0 Å². The normalized spacial score (nSPS) is 19.4. The number of carbonyl (C=O) groups is 2. The van der Waals surface area contributed by atoms with E-state index in [0.717, 1.165) is 13.1 Å². The van der Waals surface area contributed by atoms with E-state index in [1.807, 2.05) is 31.7 Å². The van der Waals surface area contributed by atoms with E-state index in [1.54, 1.807) is 13.0 Å². The Hall–Kier alpha value is -1.62. The monoisotopic (exact) mass is 325 g/mol. The zero-order valence-corrected chi connectivity index (χ0v) is 14.8. The first-order valence-electron chi connectivity index (χ1n) is 8.10. The van der Waals surface area contributed by atoms with Crippen LogP contribution in [-0.2, 0) is 14.3 Å². The molecule has 0 aromatic carbocycles. The molecule has 1 saturated heterocycles. The summed E-state index contributed by atoms with van der Waals surface area (Å²) in [5.74, 6) is -0.524. The van der Waals surface area contributed by atoms with Gasteiger partial charge >= 0.3 is 5.97 Å². The fraction of sp³-hybridized carbons (Fsp3) is 0.667. The summed E-state index contributed by atoms with van der Waals surface area (Å²) in [5.41, 5.74) is 0. The largest absolute Gasteiger partial charge is 0.481 e. The lowest BCUT2D eigenvalue weighted by Gasteiger charge is -2.30. The molecule has 5 heteroatoms. The number of hydrogen-bond donors (Lipinski definition) is 1. The lowest BCUT2D eigenvalue weighted by atomic mass is 9.94. The molecule has 1 aliphatic heterocycles. The Kier molecular flexibility index (Phi) is 10.2. The number of aliphatic carboxylic acids is 1. The van der Waals surface area contributed by atoms with Gasteiger partial charge in [0, 0.05) is 19.0 Å². The summed E-state index contributed by atoms with van der Waals surface area (Å²) in [6.07, 6.45) is 3.49. The van der Waals surface area contributed by atoms with Gasteiger partial charge in [-0.1, -0.05) is 39.8 Å². The molecule has 0 radical (unpaired) electrons. The van der Waals surface area contributed by atoms with Crippen LogP contribution in [0, 0.1) is 23.7 Å². The molecule has 1 N–H and O–H groups in total. The van der Waals surface area contributed by atoms with Gasteiger partial charge in [0.05, 0.1) is 19.1 Å². The van der Waals surface area contributed by atoms with Crippen molar-refractivity contribution in [1.82, 2.24) is 4.90 Å². The molecule has 0 aromatic heterocycles. The number of allylic oxidation sites excluding steroid dienone is 2. The minimum absolute atomic E-state index is 0.0330. The van der Waals surface area contributed by atoms with Crippen molar-refractivity contribution in [2.24, 2.45) is 23.7 Å². The van der Waals surface area contributed by atoms with Crippen molar-refractivity contribution in [2.75, 3.05) is 26.3 Å². The van der Waals surface area contributed by atoms with Crippen LogP contribution in [0.15, 0.2) is 25.3 Å². The van der Waals surface area contributed by atoms with E-state index < -0.39 is 5.97 Å². The highest BCUT2D eigenvalue weighted by atomic mass is 16.5. The van der Waals surface area contributed by atoms with Gasteiger partial charge in [0.25, 0.3) is 0 Å². The fourth-order valence-corrected chi connectivity index (χ4v) is 1.93. The molecule has 132 valence electrons. The average Bonchev–Trinajstić information content (AvgIpc) is 2.59. The molecule has 0 aromatic rings. The number of rotatable bonds is 6. The van der Waals surface area contributed by atoms with E-state index in [2.05, 4.69) is 13.2 Å². The molecule has 5 nitrogen and oxygen atoms in total. The van der Waals surface area contributed by atoms with E-state index in [0.29, 0.717) is 13.2 Å².